The monoisotopic (exact) mass is 406 g/mol. The topological polar surface area (TPSA) is 51.2 Å². The van der Waals surface area contributed by atoms with E-state index in [4.69, 9.17) is 4.74 Å². The van der Waals surface area contributed by atoms with Crippen molar-refractivity contribution in [1.29, 1.82) is 0 Å². The van der Waals surface area contributed by atoms with E-state index in [2.05, 4.69) is 10.3 Å². The van der Waals surface area contributed by atoms with Crippen molar-refractivity contribution in [3.8, 4) is 5.75 Å². The van der Waals surface area contributed by atoms with Gasteiger partial charge in [-0.15, -0.1) is 11.3 Å². The summed E-state index contributed by atoms with van der Waals surface area (Å²) in [4.78, 5) is 16.6. The van der Waals surface area contributed by atoms with Crippen LogP contribution in [0.15, 0.2) is 60.0 Å². The van der Waals surface area contributed by atoms with Crippen molar-refractivity contribution in [2.75, 3.05) is 0 Å². The lowest BCUT2D eigenvalue weighted by molar-refractivity contribution is -0.155. The van der Waals surface area contributed by atoms with Gasteiger partial charge in [0.15, 0.2) is 6.04 Å². The lowest BCUT2D eigenvalue weighted by atomic mass is 10.1. The highest BCUT2D eigenvalue weighted by Crippen LogP contribution is 2.32. The third-order valence-corrected chi connectivity index (χ3v) is 4.73. The number of hydrogen-bond acceptors (Lipinski definition) is 4. The summed E-state index contributed by atoms with van der Waals surface area (Å²) < 4.78 is 45.7. The first-order chi connectivity index (χ1) is 13.3. The molecule has 1 unspecified atom stereocenters. The Labute approximate surface area is 164 Å². The number of alkyl halides is 3. The summed E-state index contributed by atoms with van der Waals surface area (Å²) in [6.07, 6.45) is -4.61. The van der Waals surface area contributed by atoms with E-state index in [1.807, 2.05) is 12.3 Å². The molecule has 1 atom stereocenters. The molecule has 0 aliphatic rings. The molecule has 0 aliphatic heterocycles. The maximum Gasteiger partial charge on any atom is 0.412 e. The first kappa shape index (κ1) is 19.9. The normalized spacial score (nSPS) is 12.4. The number of ether oxygens (including phenoxy) is 1. The zero-order chi connectivity index (χ0) is 20.1. The Kier molecular flexibility index (Phi) is 5.99. The Hall–Kier alpha value is -2.87. The van der Waals surface area contributed by atoms with Gasteiger partial charge in [0.05, 0.1) is 10.7 Å². The van der Waals surface area contributed by atoms with Gasteiger partial charge in [-0.3, -0.25) is 4.79 Å². The van der Waals surface area contributed by atoms with Crippen molar-refractivity contribution >= 4 is 17.2 Å². The van der Waals surface area contributed by atoms with E-state index in [0.29, 0.717) is 5.75 Å². The van der Waals surface area contributed by atoms with Gasteiger partial charge < -0.3 is 10.1 Å². The molecule has 1 N–H and O–H groups in total. The third-order valence-electron chi connectivity index (χ3n) is 3.91. The molecule has 0 fully saturated rings. The van der Waals surface area contributed by atoms with Crippen LogP contribution in [0.3, 0.4) is 0 Å². The molecule has 2 aromatic carbocycles. The summed E-state index contributed by atoms with van der Waals surface area (Å²) in [6.45, 7) is 2.17. The molecule has 0 bridgehead atoms. The van der Waals surface area contributed by atoms with E-state index >= 15 is 0 Å². The SMILES string of the molecule is Cc1nc(COc2ccc(C(=O)NC(c3ccccc3)C(F)(F)F)cc2)cs1. The second-order valence-corrected chi connectivity index (χ2v) is 7.09. The van der Waals surface area contributed by atoms with Crippen LogP contribution in [-0.4, -0.2) is 17.1 Å². The fourth-order valence-electron chi connectivity index (χ4n) is 2.55. The molecule has 1 aromatic heterocycles. The second-order valence-electron chi connectivity index (χ2n) is 6.03. The summed E-state index contributed by atoms with van der Waals surface area (Å²) >= 11 is 1.52. The molecule has 0 radical (unpaired) electrons. The molecule has 1 amide bonds. The standard InChI is InChI=1S/C20H17F3N2O2S/c1-13-24-16(12-28-13)11-27-17-9-7-15(8-10-17)19(26)25-18(20(21,22)23)14-5-3-2-4-6-14/h2-10,12,18H,11H2,1H3,(H,25,26). The minimum Gasteiger partial charge on any atom is -0.487 e. The van der Waals surface area contributed by atoms with Crippen molar-refractivity contribution < 1.29 is 22.7 Å². The van der Waals surface area contributed by atoms with Gasteiger partial charge in [0.2, 0.25) is 0 Å². The number of amides is 1. The van der Waals surface area contributed by atoms with Crippen molar-refractivity contribution in [2.45, 2.75) is 25.7 Å². The van der Waals surface area contributed by atoms with E-state index in [1.54, 1.807) is 18.2 Å². The van der Waals surface area contributed by atoms with Crippen molar-refractivity contribution in [1.82, 2.24) is 10.3 Å². The molecular formula is C20H17F3N2O2S. The fourth-order valence-corrected chi connectivity index (χ4v) is 3.15. The Morgan fingerprint density at radius 3 is 2.39 bits per heavy atom. The molecule has 3 aromatic rings. The summed E-state index contributed by atoms with van der Waals surface area (Å²) in [5.41, 5.74) is 0.879. The zero-order valence-electron chi connectivity index (χ0n) is 14.9. The smallest absolute Gasteiger partial charge is 0.412 e. The molecule has 3 rings (SSSR count). The van der Waals surface area contributed by atoms with Gasteiger partial charge in [0, 0.05) is 10.9 Å². The van der Waals surface area contributed by atoms with E-state index < -0.39 is 18.1 Å². The summed E-state index contributed by atoms with van der Waals surface area (Å²) in [5.74, 6) is -0.314. The number of hydrogen-bond donors (Lipinski definition) is 1. The molecule has 1 heterocycles. The van der Waals surface area contributed by atoms with Crippen LogP contribution in [0.2, 0.25) is 0 Å². The summed E-state index contributed by atoms with van der Waals surface area (Å²) in [6, 6.07) is 11.1. The van der Waals surface area contributed by atoms with Crippen LogP contribution < -0.4 is 10.1 Å². The van der Waals surface area contributed by atoms with Crippen LogP contribution in [0.25, 0.3) is 0 Å². The highest BCUT2D eigenvalue weighted by atomic mass is 32.1. The van der Waals surface area contributed by atoms with Crippen molar-refractivity contribution in [2.24, 2.45) is 0 Å². The zero-order valence-corrected chi connectivity index (χ0v) is 15.7. The largest absolute Gasteiger partial charge is 0.487 e. The van der Waals surface area contributed by atoms with Crippen LogP contribution >= 0.6 is 11.3 Å². The molecule has 0 aliphatic carbocycles. The Morgan fingerprint density at radius 2 is 1.82 bits per heavy atom. The lowest BCUT2D eigenvalue weighted by Gasteiger charge is -2.22. The fraction of sp³-hybridized carbons (Fsp3) is 0.200. The van der Waals surface area contributed by atoms with Crippen LogP contribution in [0.4, 0.5) is 13.2 Å². The first-order valence-electron chi connectivity index (χ1n) is 8.39. The number of benzene rings is 2. The molecule has 28 heavy (non-hydrogen) atoms. The van der Waals surface area contributed by atoms with Gasteiger partial charge in [-0.1, -0.05) is 30.3 Å². The van der Waals surface area contributed by atoms with E-state index in [1.165, 1.54) is 47.7 Å². The number of nitrogens with one attached hydrogen (secondary N) is 1. The quantitative estimate of drug-likeness (QED) is 0.622. The number of aromatic nitrogens is 1. The average Bonchev–Trinajstić information content (AvgIpc) is 3.09. The molecule has 4 nitrogen and oxygen atoms in total. The average molecular weight is 406 g/mol. The minimum absolute atomic E-state index is 0.0261. The number of rotatable bonds is 6. The van der Waals surface area contributed by atoms with Gasteiger partial charge in [0.25, 0.3) is 5.91 Å². The maximum absolute atomic E-state index is 13.4. The Balaban J connectivity index is 1.66. The molecule has 0 saturated heterocycles. The highest BCUT2D eigenvalue weighted by Gasteiger charge is 2.41. The van der Waals surface area contributed by atoms with Crippen molar-refractivity contribution in [3.05, 3.63) is 81.8 Å². The number of carbonyl (C=O) groups is 1. The van der Waals surface area contributed by atoms with Crippen LogP contribution in [-0.2, 0) is 6.61 Å². The Bertz CT molecular complexity index is 925. The van der Waals surface area contributed by atoms with Gasteiger partial charge in [-0.25, -0.2) is 4.98 Å². The molecular weight excluding hydrogens is 389 g/mol. The lowest BCUT2D eigenvalue weighted by Crippen LogP contribution is -2.38. The minimum atomic E-state index is -4.61. The van der Waals surface area contributed by atoms with Gasteiger partial charge in [0.1, 0.15) is 12.4 Å². The Morgan fingerprint density at radius 1 is 1.14 bits per heavy atom. The molecule has 146 valence electrons. The maximum atomic E-state index is 13.4. The summed E-state index contributed by atoms with van der Waals surface area (Å²) in [7, 11) is 0. The van der Waals surface area contributed by atoms with Crippen LogP contribution in [0.5, 0.6) is 5.75 Å². The molecule has 0 saturated carbocycles. The van der Waals surface area contributed by atoms with E-state index in [9.17, 15) is 18.0 Å². The summed E-state index contributed by atoms with van der Waals surface area (Å²) in [5, 5.41) is 4.88. The van der Waals surface area contributed by atoms with Crippen LogP contribution in [0, 0.1) is 6.92 Å². The second kappa shape index (κ2) is 8.43. The van der Waals surface area contributed by atoms with E-state index in [0.717, 1.165) is 10.7 Å². The molecule has 0 spiro atoms. The van der Waals surface area contributed by atoms with Crippen LogP contribution in [0.1, 0.15) is 32.7 Å². The van der Waals surface area contributed by atoms with Gasteiger partial charge in [-0.05, 0) is 36.8 Å². The first-order valence-corrected chi connectivity index (χ1v) is 9.27. The highest BCUT2D eigenvalue weighted by molar-refractivity contribution is 7.09. The van der Waals surface area contributed by atoms with Gasteiger partial charge in [-0.2, -0.15) is 13.2 Å². The third kappa shape index (κ3) is 5.10. The van der Waals surface area contributed by atoms with E-state index in [-0.39, 0.29) is 17.7 Å². The number of nitrogens with zero attached hydrogens (tertiary/aromatic N) is 1. The number of aryl methyl sites for hydroxylation is 1. The number of thiazole rings is 1. The number of carbonyl (C=O) groups excluding carboxylic acids is 1. The number of halogens is 3. The van der Waals surface area contributed by atoms with Gasteiger partial charge >= 0.3 is 6.18 Å². The molecule has 8 heteroatoms. The van der Waals surface area contributed by atoms with Crippen molar-refractivity contribution in [3.63, 3.8) is 0 Å². The predicted molar refractivity (Wildman–Crippen MR) is 100 cm³/mol. The predicted octanol–water partition coefficient (Wildman–Crippen LogP) is 5.06.